The summed E-state index contributed by atoms with van der Waals surface area (Å²) in [5.41, 5.74) is 7.03. The van der Waals surface area contributed by atoms with Crippen LogP contribution in [0.25, 0.3) is 0 Å². The number of hydrogen-bond donors (Lipinski definition) is 1. The number of piperazine rings is 1. The monoisotopic (exact) mass is 305 g/mol. The van der Waals surface area contributed by atoms with E-state index in [4.69, 9.17) is 18.0 Å². The molecule has 2 N–H and O–H groups in total. The van der Waals surface area contributed by atoms with Crippen LogP contribution in [0.3, 0.4) is 0 Å². The molecule has 1 saturated heterocycles. The standard InChI is InChI=1S/C16H23N3OS/c1-12(2)11-18-6-8-19(9-7-18)16(20)14-5-3-4-13(10-14)15(17)21/h3-5,10,12H,6-9,11H2,1-2H3,(H2,17,21). The molecule has 0 saturated carbocycles. The van der Waals surface area contributed by atoms with Gasteiger partial charge in [0.2, 0.25) is 0 Å². The van der Waals surface area contributed by atoms with Gasteiger partial charge in [-0.1, -0.05) is 38.2 Å². The van der Waals surface area contributed by atoms with E-state index in [1.54, 1.807) is 6.07 Å². The lowest BCUT2D eigenvalue weighted by molar-refractivity contribution is 0.0624. The van der Waals surface area contributed by atoms with E-state index in [9.17, 15) is 4.79 Å². The van der Waals surface area contributed by atoms with Gasteiger partial charge in [0, 0.05) is 43.9 Å². The molecular weight excluding hydrogens is 282 g/mol. The van der Waals surface area contributed by atoms with Crippen LogP contribution in [-0.2, 0) is 0 Å². The molecule has 1 fully saturated rings. The van der Waals surface area contributed by atoms with Crippen molar-refractivity contribution < 1.29 is 4.79 Å². The number of thiocarbonyl (C=S) groups is 1. The number of nitrogens with two attached hydrogens (primary N) is 1. The summed E-state index contributed by atoms with van der Waals surface area (Å²) in [5.74, 6) is 0.729. The molecular formula is C16H23N3OS. The highest BCUT2D eigenvalue weighted by Crippen LogP contribution is 2.12. The highest BCUT2D eigenvalue weighted by Gasteiger charge is 2.22. The molecule has 1 amide bonds. The van der Waals surface area contributed by atoms with E-state index in [0.717, 1.165) is 38.3 Å². The van der Waals surface area contributed by atoms with Gasteiger partial charge in [-0.05, 0) is 18.1 Å². The zero-order valence-corrected chi connectivity index (χ0v) is 13.5. The summed E-state index contributed by atoms with van der Waals surface area (Å²) >= 11 is 4.97. The summed E-state index contributed by atoms with van der Waals surface area (Å²) < 4.78 is 0. The van der Waals surface area contributed by atoms with Gasteiger partial charge >= 0.3 is 0 Å². The lowest BCUT2D eigenvalue weighted by Crippen LogP contribution is -2.49. The maximum atomic E-state index is 12.5. The molecule has 0 atom stereocenters. The summed E-state index contributed by atoms with van der Waals surface area (Å²) in [6.45, 7) is 8.99. The number of benzene rings is 1. The highest BCUT2D eigenvalue weighted by atomic mass is 32.1. The number of carbonyl (C=O) groups excluding carboxylic acids is 1. The van der Waals surface area contributed by atoms with Gasteiger partial charge in [-0.15, -0.1) is 0 Å². The fraction of sp³-hybridized carbons (Fsp3) is 0.500. The molecule has 1 aliphatic heterocycles. The summed E-state index contributed by atoms with van der Waals surface area (Å²) in [5, 5.41) is 0. The molecule has 5 heteroatoms. The van der Waals surface area contributed by atoms with Crippen molar-refractivity contribution in [2.45, 2.75) is 13.8 Å². The molecule has 1 heterocycles. The number of nitrogens with zero attached hydrogens (tertiary/aromatic N) is 2. The van der Waals surface area contributed by atoms with Crippen LogP contribution in [0, 0.1) is 5.92 Å². The van der Waals surface area contributed by atoms with Crippen molar-refractivity contribution >= 4 is 23.1 Å². The van der Waals surface area contributed by atoms with Crippen molar-refractivity contribution in [1.82, 2.24) is 9.80 Å². The fourth-order valence-electron chi connectivity index (χ4n) is 2.64. The van der Waals surface area contributed by atoms with Gasteiger partial charge in [0.25, 0.3) is 5.91 Å². The van der Waals surface area contributed by atoms with Crippen LogP contribution >= 0.6 is 12.2 Å². The second kappa shape index (κ2) is 7.00. The van der Waals surface area contributed by atoms with Crippen molar-refractivity contribution in [1.29, 1.82) is 0 Å². The third kappa shape index (κ3) is 4.25. The number of hydrogen-bond acceptors (Lipinski definition) is 3. The first-order chi connectivity index (χ1) is 9.97. The number of carbonyl (C=O) groups is 1. The predicted molar refractivity (Wildman–Crippen MR) is 89.5 cm³/mol. The van der Waals surface area contributed by atoms with Crippen LogP contribution in [0.15, 0.2) is 24.3 Å². The quantitative estimate of drug-likeness (QED) is 0.861. The van der Waals surface area contributed by atoms with Crippen LogP contribution in [0.4, 0.5) is 0 Å². The molecule has 1 aliphatic rings. The molecule has 0 unspecified atom stereocenters. The zero-order valence-electron chi connectivity index (χ0n) is 12.7. The van der Waals surface area contributed by atoms with E-state index in [2.05, 4.69) is 18.7 Å². The summed E-state index contributed by atoms with van der Waals surface area (Å²) in [6, 6.07) is 7.27. The molecule has 0 spiro atoms. The van der Waals surface area contributed by atoms with E-state index in [1.807, 2.05) is 23.1 Å². The Bertz CT molecular complexity index is 522. The second-order valence-corrected chi connectivity index (χ2v) is 6.37. The minimum absolute atomic E-state index is 0.0669. The van der Waals surface area contributed by atoms with Crippen molar-refractivity contribution in [3.63, 3.8) is 0 Å². The van der Waals surface area contributed by atoms with Crippen LogP contribution in [-0.4, -0.2) is 53.4 Å². The number of rotatable bonds is 4. The normalized spacial score (nSPS) is 16.2. The molecule has 0 bridgehead atoms. The molecule has 4 nitrogen and oxygen atoms in total. The van der Waals surface area contributed by atoms with Crippen LogP contribution in [0.2, 0.25) is 0 Å². The van der Waals surface area contributed by atoms with Gasteiger partial charge in [0.15, 0.2) is 0 Å². The molecule has 114 valence electrons. The molecule has 0 aromatic heterocycles. The average Bonchev–Trinajstić information content (AvgIpc) is 2.47. The maximum Gasteiger partial charge on any atom is 0.253 e. The largest absolute Gasteiger partial charge is 0.389 e. The first-order valence-corrected chi connectivity index (χ1v) is 7.79. The first-order valence-electron chi connectivity index (χ1n) is 7.39. The minimum atomic E-state index is 0.0669. The first kappa shape index (κ1) is 15.9. The van der Waals surface area contributed by atoms with Crippen molar-refractivity contribution in [3.8, 4) is 0 Å². The molecule has 0 radical (unpaired) electrons. The lowest BCUT2D eigenvalue weighted by atomic mass is 10.1. The van der Waals surface area contributed by atoms with Crippen molar-refractivity contribution in [2.24, 2.45) is 11.7 Å². The Morgan fingerprint density at radius 3 is 2.43 bits per heavy atom. The van der Waals surface area contributed by atoms with Crippen molar-refractivity contribution in [3.05, 3.63) is 35.4 Å². The SMILES string of the molecule is CC(C)CN1CCN(C(=O)c2cccc(C(N)=S)c2)CC1. The molecule has 1 aromatic rings. The third-order valence-corrected chi connectivity index (χ3v) is 3.91. The Morgan fingerprint density at radius 2 is 1.86 bits per heavy atom. The van der Waals surface area contributed by atoms with E-state index in [-0.39, 0.29) is 5.91 Å². The maximum absolute atomic E-state index is 12.5. The predicted octanol–water partition coefficient (Wildman–Crippen LogP) is 1.73. The fourth-order valence-corrected chi connectivity index (χ4v) is 2.76. The Hall–Kier alpha value is -1.46. The topological polar surface area (TPSA) is 49.6 Å². The second-order valence-electron chi connectivity index (χ2n) is 5.93. The van der Waals surface area contributed by atoms with Gasteiger partial charge in [-0.2, -0.15) is 0 Å². The zero-order chi connectivity index (χ0) is 15.4. The molecule has 21 heavy (non-hydrogen) atoms. The molecule has 2 rings (SSSR count). The molecule has 1 aromatic carbocycles. The Balaban J connectivity index is 1.99. The van der Waals surface area contributed by atoms with Crippen molar-refractivity contribution in [2.75, 3.05) is 32.7 Å². The molecule has 0 aliphatic carbocycles. The third-order valence-electron chi connectivity index (χ3n) is 3.68. The Labute approximate surface area is 131 Å². The highest BCUT2D eigenvalue weighted by molar-refractivity contribution is 7.80. The number of amides is 1. The van der Waals surface area contributed by atoms with E-state index >= 15 is 0 Å². The minimum Gasteiger partial charge on any atom is -0.389 e. The van der Waals surface area contributed by atoms with Gasteiger partial charge in [-0.3, -0.25) is 9.69 Å². The van der Waals surface area contributed by atoms with Gasteiger partial charge in [0.05, 0.1) is 0 Å². The van der Waals surface area contributed by atoms with Gasteiger partial charge < -0.3 is 10.6 Å². The van der Waals surface area contributed by atoms with Gasteiger partial charge in [0.1, 0.15) is 4.99 Å². The summed E-state index contributed by atoms with van der Waals surface area (Å²) in [4.78, 5) is 17.2. The van der Waals surface area contributed by atoms with Gasteiger partial charge in [-0.25, -0.2) is 0 Å². The van der Waals surface area contributed by atoms with Crippen LogP contribution in [0.5, 0.6) is 0 Å². The Morgan fingerprint density at radius 1 is 1.24 bits per heavy atom. The van der Waals surface area contributed by atoms with E-state index in [0.29, 0.717) is 16.5 Å². The van der Waals surface area contributed by atoms with E-state index in [1.165, 1.54) is 0 Å². The summed E-state index contributed by atoms with van der Waals surface area (Å²) in [6.07, 6.45) is 0. The van der Waals surface area contributed by atoms with Crippen LogP contribution < -0.4 is 5.73 Å². The van der Waals surface area contributed by atoms with E-state index < -0.39 is 0 Å². The average molecular weight is 305 g/mol. The van der Waals surface area contributed by atoms with Crippen LogP contribution in [0.1, 0.15) is 29.8 Å². The lowest BCUT2D eigenvalue weighted by Gasteiger charge is -2.35. The Kier molecular flexibility index (Phi) is 5.31. The summed E-state index contributed by atoms with van der Waals surface area (Å²) in [7, 11) is 0. The smallest absolute Gasteiger partial charge is 0.253 e.